The highest BCUT2D eigenvalue weighted by atomic mass is 19.1. The number of benzene rings is 3. The van der Waals surface area contributed by atoms with Gasteiger partial charge < -0.3 is 33.5 Å². The first-order valence-corrected chi connectivity index (χ1v) is 23.5. The van der Waals surface area contributed by atoms with Gasteiger partial charge in [-0.15, -0.1) is 10.2 Å². The lowest BCUT2D eigenvalue weighted by atomic mass is 9.88. The second-order valence-electron chi connectivity index (χ2n) is 19.6. The molecular formula is C49H57FN10O6. The van der Waals surface area contributed by atoms with Crippen molar-refractivity contribution < 1.29 is 32.9 Å². The molecule has 0 radical (unpaired) electrons. The van der Waals surface area contributed by atoms with Gasteiger partial charge in [-0.25, -0.2) is 13.9 Å². The zero-order valence-corrected chi connectivity index (χ0v) is 38.3. The van der Waals surface area contributed by atoms with Crippen molar-refractivity contribution in [1.82, 2.24) is 44.9 Å². The summed E-state index contributed by atoms with van der Waals surface area (Å²) < 4.78 is 50.1. The number of rotatable bonds is 11. The Kier molecular flexibility index (Phi) is 11.0. The quantitative estimate of drug-likeness (QED) is 0.123. The Balaban J connectivity index is 1.07. The SMILES string of the molecule is Cc1c(F)cc2c(cnn2C2CCCCO2)c1-c1c(C2CC2)cc2c(N3C[C@@H]4C[C@H]3CN4C(=O)OC(C)(C)C)nc(OC3CCOCC3)nc2c1OCc1ccc(Cc2nnn(C)n2)cc1. The van der Waals surface area contributed by atoms with Crippen molar-refractivity contribution in [3.8, 4) is 22.9 Å². The van der Waals surface area contributed by atoms with Crippen LogP contribution in [0, 0.1) is 12.7 Å². The molecule has 0 N–H and O–H groups in total. The Morgan fingerprint density at radius 3 is 2.42 bits per heavy atom. The Hall–Kier alpha value is -5.94. The minimum absolute atomic E-state index is 0.00140. The van der Waals surface area contributed by atoms with Crippen molar-refractivity contribution in [2.45, 2.75) is 128 Å². The van der Waals surface area contributed by atoms with Crippen LogP contribution in [0.2, 0.25) is 0 Å². The van der Waals surface area contributed by atoms with Crippen LogP contribution in [0.1, 0.15) is 112 Å². The smallest absolute Gasteiger partial charge is 0.410 e. The van der Waals surface area contributed by atoms with Gasteiger partial charge in [-0.1, -0.05) is 24.3 Å². The van der Waals surface area contributed by atoms with E-state index in [1.54, 1.807) is 13.1 Å². The van der Waals surface area contributed by atoms with E-state index < -0.39 is 5.60 Å². The van der Waals surface area contributed by atoms with Crippen molar-refractivity contribution >= 4 is 33.7 Å². The summed E-state index contributed by atoms with van der Waals surface area (Å²) in [6.45, 7) is 10.6. The van der Waals surface area contributed by atoms with E-state index in [0.717, 1.165) is 82.9 Å². The van der Waals surface area contributed by atoms with E-state index in [2.05, 4.69) is 50.6 Å². The molecule has 7 heterocycles. The Morgan fingerprint density at radius 1 is 0.924 bits per heavy atom. The van der Waals surface area contributed by atoms with Crippen LogP contribution in [-0.2, 0) is 34.3 Å². The summed E-state index contributed by atoms with van der Waals surface area (Å²) >= 11 is 0. The van der Waals surface area contributed by atoms with E-state index in [-0.39, 0.29) is 54.9 Å². The number of hydrogen-bond acceptors (Lipinski definition) is 13. The molecule has 17 heteroatoms. The van der Waals surface area contributed by atoms with E-state index in [4.69, 9.17) is 38.8 Å². The molecule has 0 spiro atoms. The molecule has 3 aromatic carbocycles. The molecule has 1 amide bonds. The van der Waals surface area contributed by atoms with Gasteiger partial charge in [-0.2, -0.15) is 19.9 Å². The molecule has 4 aliphatic heterocycles. The zero-order valence-electron chi connectivity index (χ0n) is 38.3. The molecule has 6 aromatic rings. The van der Waals surface area contributed by atoms with E-state index in [0.29, 0.717) is 80.3 Å². The van der Waals surface area contributed by atoms with Gasteiger partial charge in [-0.3, -0.25) is 0 Å². The zero-order chi connectivity index (χ0) is 45.3. The van der Waals surface area contributed by atoms with Gasteiger partial charge >= 0.3 is 12.1 Å². The maximum atomic E-state index is 16.7. The summed E-state index contributed by atoms with van der Waals surface area (Å²) in [5, 5.41) is 19.0. The molecule has 1 unspecified atom stereocenters. The van der Waals surface area contributed by atoms with Crippen LogP contribution in [0.4, 0.5) is 15.0 Å². The molecule has 5 aliphatic rings. The van der Waals surface area contributed by atoms with E-state index in [1.807, 2.05) is 43.5 Å². The molecule has 66 heavy (non-hydrogen) atoms. The molecule has 16 nitrogen and oxygen atoms in total. The van der Waals surface area contributed by atoms with Crippen molar-refractivity contribution in [2.24, 2.45) is 7.05 Å². The minimum atomic E-state index is -0.601. The first-order valence-electron chi connectivity index (χ1n) is 23.5. The normalized spacial score (nSPS) is 21.3. The third kappa shape index (κ3) is 8.28. The average Bonchev–Trinajstić information content (AvgIpc) is 3.54. The third-order valence-electron chi connectivity index (χ3n) is 13.6. The maximum Gasteiger partial charge on any atom is 0.410 e. The summed E-state index contributed by atoms with van der Waals surface area (Å²) in [7, 11) is 1.75. The number of hydrogen-bond donors (Lipinski definition) is 0. The second-order valence-corrected chi connectivity index (χ2v) is 19.6. The van der Waals surface area contributed by atoms with E-state index >= 15 is 4.39 Å². The number of ether oxygens (including phenoxy) is 5. The molecule has 11 rings (SSSR count). The van der Waals surface area contributed by atoms with Crippen LogP contribution < -0.4 is 14.4 Å². The van der Waals surface area contributed by atoms with Gasteiger partial charge in [0.25, 0.3) is 0 Å². The number of halogens is 1. The number of anilines is 1. The van der Waals surface area contributed by atoms with Crippen LogP contribution >= 0.6 is 0 Å². The highest BCUT2D eigenvalue weighted by Gasteiger charge is 2.48. The standard InChI is InChI=1S/C49H57FN10O6/c1-28-38(50)23-39-37(24-51-60(39)41-8-6-7-17-63-41)42(28)43-35(31-13-14-31)22-36-44(45(43)64-27-30-11-9-29(10-12-30)20-40-54-56-57(5)55-40)52-47(65-34-15-18-62-19-16-34)53-46(36)58-25-33-21-32(58)26-59(33)48(61)66-49(2,3)4/h9-12,22-24,31-34,41H,6-8,13-21,25-27H2,1-5H3/t32-,33-,41?/m0/s1. The Morgan fingerprint density at radius 2 is 1.73 bits per heavy atom. The second kappa shape index (κ2) is 17.0. The van der Waals surface area contributed by atoms with E-state index in [1.165, 1.54) is 4.80 Å². The number of fused-ring (bicyclic) bond motifs is 4. The van der Waals surface area contributed by atoms with Crippen LogP contribution in [0.3, 0.4) is 0 Å². The van der Waals surface area contributed by atoms with Crippen LogP contribution in [0.15, 0.2) is 42.6 Å². The number of tetrazole rings is 1. The third-order valence-corrected chi connectivity index (χ3v) is 13.6. The fourth-order valence-electron chi connectivity index (χ4n) is 10.2. The number of amides is 1. The first kappa shape index (κ1) is 42.7. The number of aromatic nitrogens is 8. The van der Waals surface area contributed by atoms with Crippen molar-refractivity contribution in [1.29, 1.82) is 0 Å². The van der Waals surface area contributed by atoms with E-state index in [9.17, 15) is 4.79 Å². The molecule has 2 bridgehead atoms. The summed E-state index contributed by atoms with van der Waals surface area (Å²) in [4.78, 5) is 29.6. The fraction of sp³-hybridized carbons (Fsp3) is 0.531. The lowest BCUT2D eigenvalue weighted by molar-refractivity contribution is -0.0366. The van der Waals surface area contributed by atoms with Crippen LogP contribution in [0.5, 0.6) is 11.8 Å². The fourth-order valence-corrected chi connectivity index (χ4v) is 10.2. The molecular weight excluding hydrogens is 844 g/mol. The summed E-state index contributed by atoms with van der Waals surface area (Å²) in [6.07, 6.45) is 8.66. The monoisotopic (exact) mass is 900 g/mol. The Labute approximate surface area is 382 Å². The number of carbonyl (C=O) groups excluding carboxylic acids is 1. The molecule has 1 aliphatic carbocycles. The maximum absolute atomic E-state index is 16.7. The summed E-state index contributed by atoms with van der Waals surface area (Å²) in [6, 6.07) is 12.2. The molecule has 346 valence electrons. The minimum Gasteiger partial charge on any atom is -0.486 e. The average molecular weight is 901 g/mol. The topological polar surface area (TPSA) is 157 Å². The predicted molar refractivity (Wildman–Crippen MR) is 243 cm³/mol. The number of carbonyl (C=O) groups is 1. The summed E-state index contributed by atoms with van der Waals surface area (Å²) in [5.74, 6) is 1.80. The van der Waals surface area contributed by atoms with Crippen molar-refractivity contribution in [2.75, 3.05) is 37.8 Å². The number of aryl methyl sites for hydroxylation is 1. The number of piperazine rings is 1. The highest BCUT2D eigenvalue weighted by Crippen LogP contribution is 2.54. The van der Waals surface area contributed by atoms with Gasteiger partial charge in [0.2, 0.25) is 0 Å². The van der Waals surface area contributed by atoms with Crippen molar-refractivity contribution in [3.05, 3.63) is 76.5 Å². The lowest BCUT2D eigenvalue weighted by Crippen LogP contribution is -2.50. The molecule has 3 aromatic heterocycles. The number of nitrogens with zero attached hydrogens (tertiary/aromatic N) is 10. The van der Waals surface area contributed by atoms with Gasteiger partial charge in [0.1, 0.15) is 35.5 Å². The highest BCUT2D eigenvalue weighted by molar-refractivity contribution is 6.06. The van der Waals surface area contributed by atoms with Gasteiger partial charge in [0, 0.05) is 66.9 Å². The van der Waals surface area contributed by atoms with Crippen LogP contribution in [-0.4, -0.2) is 108 Å². The van der Waals surface area contributed by atoms with Gasteiger partial charge in [0.05, 0.1) is 44.1 Å². The molecule has 1 saturated carbocycles. The molecule has 3 atom stereocenters. The van der Waals surface area contributed by atoms with Gasteiger partial charge in [0.15, 0.2) is 17.8 Å². The first-order chi connectivity index (χ1) is 31.9. The van der Waals surface area contributed by atoms with Crippen molar-refractivity contribution in [3.63, 3.8) is 0 Å². The molecule has 5 fully saturated rings. The van der Waals surface area contributed by atoms with Gasteiger partial charge in [-0.05, 0) is 106 Å². The Bertz CT molecular complexity index is 2790. The molecule has 4 saturated heterocycles. The lowest BCUT2D eigenvalue weighted by Gasteiger charge is -2.36. The van der Waals surface area contributed by atoms with Crippen LogP contribution in [0.25, 0.3) is 32.9 Å². The predicted octanol–water partition coefficient (Wildman–Crippen LogP) is 8.12. The number of likely N-dealkylation sites (tertiary alicyclic amines) is 1. The summed E-state index contributed by atoms with van der Waals surface area (Å²) in [5.41, 5.74) is 5.75. The largest absolute Gasteiger partial charge is 0.486 e.